The molecular weight excluding hydrogens is 146 g/mol. The summed E-state index contributed by atoms with van der Waals surface area (Å²) in [6.07, 6.45) is 5.57. The van der Waals surface area contributed by atoms with Gasteiger partial charge in [-0.15, -0.1) is 0 Å². The predicted molar refractivity (Wildman–Crippen MR) is 52.1 cm³/mol. The summed E-state index contributed by atoms with van der Waals surface area (Å²) in [6.45, 7) is 8.53. The van der Waals surface area contributed by atoms with Crippen LogP contribution >= 0.6 is 0 Å². The first-order valence-corrected chi connectivity index (χ1v) is 5.27. The zero-order valence-corrected chi connectivity index (χ0v) is 8.61. The van der Waals surface area contributed by atoms with Crippen molar-refractivity contribution in [2.75, 3.05) is 6.54 Å². The van der Waals surface area contributed by atoms with Crippen molar-refractivity contribution in [3.8, 4) is 0 Å². The van der Waals surface area contributed by atoms with Crippen molar-refractivity contribution < 1.29 is 0 Å². The Hall–Kier alpha value is -0.0400. The van der Waals surface area contributed by atoms with Crippen LogP contribution in [0.25, 0.3) is 0 Å². The van der Waals surface area contributed by atoms with Crippen molar-refractivity contribution in [2.45, 2.75) is 52.0 Å². The monoisotopic (exact) mass is 167 g/mol. The summed E-state index contributed by atoms with van der Waals surface area (Å²) in [6, 6.07) is 0. The van der Waals surface area contributed by atoms with Crippen LogP contribution < -0.4 is 5.32 Å². The van der Waals surface area contributed by atoms with Gasteiger partial charge in [-0.2, -0.15) is 0 Å². The minimum absolute atomic E-state index is 0.485. The van der Waals surface area contributed by atoms with Crippen molar-refractivity contribution >= 4 is 0 Å². The highest BCUT2D eigenvalue weighted by Gasteiger charge is 2.43. The molecule has 1 saturated heterocycles. The number of piperidine rings is 1. The molecule has 2 fully saturated rings. The molecule has 1 N–H and O–H groups in total. The summed E-state index contributed by atoms with van der Waals surface area (Å²) in [4.78, 5) is 0. The van der Waals surface area contributed by atoms with Crippen LogP contribution in [0.5, 0.6) is 0 Å². The van der Waals surface area contributed by atoms with E-state index < -0.39 is 0 Å². The Morgan fingerprint density at radius 1 is 1.17 bits per heavy atom. The van der Waals surface area contributed by atoms with Crippen LogP contribution in [0.1, 0.15) is 46.5 Å². The van der Waals surface area contributed by atoms with E-state index in [1.807, 2.05) is 0 Å². The molecular formula is C11H21N. The minimum Gasteiger partial charge on any atom is -0.311 e. The van der Waals surface area contributed by atoms with E-state index in [2.05, 4.69) is 26.1 Å². The van der Waals surface area contributed by atoms with Crippen LogP contribution in [0.4, 0.5) is 0 Å². The van der Waals surface area contributed by atoms with E-state index in [9.17, 15) is 0 Å². The van der Waals surface area contributed by atoms with Gasteiger partial charge in [-0.25, -0.2) is 0 Å². The maximum atomic E-state index is 3.66. The SMILES string of the molecule is CC1(C)CC[C@@]2(C)C[C@@H]1CCN2. The Balaban J connectivity index is 2.16. The van der Waals surface area contributed by atoms with Crippen molar-refractivity contribution in [2.24, 2.45) is 11.3 Å². The molecule has 2 bridgehead atoms. The molecule has 0 amide bonds. The average molecular weight is 167 g/mol. The number of nitrogens with one attached hydrogen (secondary N) is 1. The lowest BCUT2D eigenvalue weighted by Crippen LogP contribution is -2.55. The molecule has 0 radical (unpaired) electrons. The number of hydrogen-bond acceptors (Lipinski definition) is 1. The van der Waals surface area contributed by atoms with Gasteiger partial charge in [0.05, 0.1) is 0 Å². The fourth-order valence-electron chi connectivity index (χ4n) is 2.93. The Morgan fingerprint density at radius 3 is 2.58 bits per heavy atom. The first-order chi connectivity index (χ1) is 5.52. The van der Waals surface area contributed by atoms with E-state index >= 15 is 0 Å². The molecule has 2 atom stereocenters. The summed E-state index contributed by atoms with van der Waals surface area (Å²) < 4.78 is 0. The molecule has 0 aromatic heterocycles. The van der Waals surface area contributed by atoms with Gasteiger partial charge in [-0.1, -0.05) is 13.8 Å². The molecule has 2 aliphatic rings. The normalized spacial score (nSPS) is 45.8. The zero-order valence-electron chi connectivity index (χ0n) is 8.61. The number of hydrogen-bond donors (Lipinski definition) is 1. The van der Waals surface area contributed by atoms with E-state index in [0.29, 0.717) is 11.0 Å². The molecule has 0 aromatic carbocycles. The maximum Gasteiger partial charge on any atom is 0.0156 e. The van der Waals surface area contributed by atoms with Gasteiger partial charge in [-0.3, -0.25) is 0 Å². The van der Waals surface area contributed by atoms with Crippen molar-refractivity contribution in [1.29, 1.82) is 0 Å². The number of fused-ring (bicyclic) bond motifs is 2. The Morgan fingerprint density at radius 2 is 1.92 bits per heavy atom. The Bertz CT molecular complexity index is 181. The fraction of sp³-hybridized carbons (Fsp3) is 1.00. The topological polar surface area (TPSA) is 12.0 Å². The second kappa shape index (κ2) is 2.47. The molecule has 1 aliphatic carbocycles. The van der Waals surface area contributed by atoms with Crippen molar-refractivity contribution in [1.82, 2.24) is 5.32 Å². The van der Waals surface area contributed by atoms with Gasteiger partial charge in [0.2, 0.25) is 0 Å². The van der Waals surface area contributed by atoms with Gasteiger partial charge >= 0.3 is 0 Å². The van der Waals surface area contributed by atoms with E-state index in [1.165, 1.54) is 32.2 Å². The molecule has 1 heteroatoms. The lowest BCUT2D eigenvalue weighted by Gasteiger charge is -2.51. The highest BCUT2D eigenvalue weighted by atomic mass is 15.0. The minimum atomic E-state index is 0.485. The van der Waals surface area contributed by atoms with Gasteiger partial charge in [0.15, 0.2) is 0 Å². The fourth-order valence-corrected chi connectivity index (χ4v) is 2.93. The van der Waals surface area contributed by atoms with Gasteiger partial charge in [0.1, 0.15) is 0 Å². The van der Waals surface area contributed by atoms with Gasteiger partial charge in [0.25, 0.3) is 0 Å². The third kappa shape index (κ3) is 1.28. The summed E-state index contributed by atoms with van der Waals surface area (Å²) in [5.41, 5.74) is 1.10. The van der Waals surface area contributed by atoms with Crippen molar-refractivity contribution in [3.05, 3.63) is 0 Å². The summed E-state index contributed by atoms with van der Waals surface area (Å²) in [5, 5.41) is 3.66. The third-order valence-corrected chi connectivity index (χ3v) is 4.17. The molecule has 0 spiro atoms. The van der Waals surface area contributed by atoms with Crippen LogP contribution in [0.2, 0.25) is 0 Å². The first-order valence-electron chi connectivity index (χ1n) is 5.27. The Labute approximate surface area is 75.9 Å². The first kappa shape index (κ1) is 8.55. The lowest BCUT2D eigenvalue weighted by atomic mass is 9.60. The molecule has 2 rings (SSSR count). The van der Waals surface area contributed by atoms with Crippen LogP contribution in [-0.2, 0) is 0 Å². The third-order valence-electron chi connectivity index (χ3n) is 4.17. The van der Waals surface area contributed by atoms with E-state index in [1.54, 1.807) is 0 Å². The molecule has 1 nitrogen and oxygen atoms in total. The zero-order chi connectivity index (χ0) is 8.82. The molecule has 12 heavy (non-hydrogen) atoms. The lowest BCUT2D eigenvalue weighted by molar-refractivity contribution is 0.0344. The highest BCUT2D eigenvalue weighted by molar-refractivity contribution is 4.99. The summed E-state index contributed by atoms with van der Waals surface area (Å²) >= 11 is 0. The number of rotatable bonds is 0. The molecule has 0 aromatic rings. The molecule has 70 valence electrons. The van der Waals surface area contributed by atoms with E-state index in [-0.39, 0.29) is 0 Å². The molecule has 1 saturated carbocycles. The van der Waals surface area contributed by atoms with Gasteiger partial charge in [0, 0.05) is 5.54 Å². The van der Waals surface area contributed by atoms with Crippen LogP contribution in [0.15, 0.2) is 0 Å². The smallest absolute Gasteiger partial charge is 0.0156 e. The standard InChI is InChI=1S/C11H21N/c1-10(2)5-6-11(3)8-9(10)4-7-12-11/h9,12H,4-8H2,1-3H3/t9-,11-/m0/s1. The van der Waals surface area contributed by atoms with Gasteiger partial charge in [-0.05, 0) is 50.5 Å². The van der Waals surface area contributed by atoms with E-state index in [0.717, 1.165) is 5.92 Å². The summed E-state index contributed by atoms with van der Waals surface area (Å²) in [5.74, 6) is 0.970. The molecule has 1 heterocycles. The van der Waals surface area contributed by atoms with Crippen LogP contribution in [0, 0.1) is 11.3 Å². The van der Waals surface area contributed by atoms with Crippen molar-refractivity contribution in [3.63, 3.8) is 0 Å². The Kier molecular flexibility index (Phi) is 1.76. The molecule has 1 aliphatic heterocycles. The summed E-state index contributed by atoms with van der Waals surface area (Å²) in [7, 11) is 0. The van der Waals surface area contributed by atoms with Crippen LogP contribution in [-0.4, -0.2) is 12.1 Å². The second-order valence-corrected chi connectivity index (χ2v) is 5.67. The molecule has 0 unspecified atom stereocenters. The maximum absolute atomic E-state index is 3.66. The van der Waals surface area contributed by atoms with Gasteiger partial charge < -0.3 is 5.32 Å². The average Bonchev–Trinajstić information content (AvgIpc) is 2.00. The second-order valence-electron chi connectivity index (χ2n) is 5.67. The largest absolute Gasteiger partial charge is 0.311 e. The van der Waals surface area contributed by atoms with Crippen LogP contribution in [0.3, 0.4) is 0 Å². The van der Waals surface area contributed by atoms with E-state index in [4.69, 9.17) is 0 Å². The highest BCUT2D eigenvalue weighted by Crippen LogP contribution is 2.47. The predicted octanol–water partition coefficient (Wildman–Crippen LogP) is 2.56. The quantitative estimate of drug-likeness (QED) is 0.584.